The van der Waals surface area contributed by atoms with Gasteiger partial charge in [0.05, 0.1) is 16.6 Å². The highest BCUT2D eigenvalue weighted by Gasteiger charge is 2.30. The van der Waals surface area contributed by atoms with Crippen LogP contribution in [0.25, 0.3) is 21.9 Å². The number of benzene rings is 2. The second kappa shape index (κ2) is 7.75. The van der Waals surface area contributed by atoms with Crippen molar-refractivity contribution in [3.8, 4) is 16.9 Å². The van der Waals surface area contributed by atoms with Crippen molar-refractivity contribution < 1.29 is 17.9 Å². The summed E-state index contributed by atoms with van der Waals surface area (Å²) in [6.07, 6.45) is -0.340. The zero-order valence-electron chi connectivity index (χ0n) is 15.1. The lowest BCUT2D eigenvalue weighted by atomic mass is 10.0. The number of fused-ring (bicyclic) bond motifs is 1. The minimum atomic E-state index is -4.75. The Bertz CT molecular complexity index is 1260. The summed E-state index contributed by atoms with van der Waals surface area (Å²) in [6, 6.07) is 10.6. The summed E-state index contributed by atoms with van der Waals surface area (Å²) in [7, 11) is 0. The maximum atomic E-state index is 12.9. The van der Waals surface area contributed by atoms with Crippen molar-refractivity contribution in [2.75, 3.05) is 0 Å². The molecule has 4 rings (SSSR count). The molecule has 0 amide bonds. The van der Waals surface area contributed by atoms with Crippen molar-refractivity contribution in [3.05, 3.63) is 82.3 Å². The molecule has 0 atom stereocenters. The maximum Gasteiger partial charge on any atom is 0.573 e. The Morgan fingerprint density at radius 1 is 0.967 bits per heavy atom. The lowest BCUT2D eigenvalue weighted by Gasteiger charge is -2.10. The average Bonchev–Trinajstić information content (AvgIpc) is 2.71. The minimum Gasteiger partial charge on any atom is -0.406 e. The monoisotopic (exact) mass is 432 g/mol. The van der Waals surface area contributed by atoms with Crippen molar-refractivity contribution in [3.63, 3.8) is 0 Å². The van der Waals surface area contributed by atoms with Crippen LogP contribution in [0.5, 0.6) is 5.75 Å². The summed E-state index contributed by atoms with van der Waals surface area (Å²) in [5.74, 6) is 0.0614. The second-order valence-corrected chi connectivity index (χ2v) is 6.74. The van der Waals surface area contributed by atoms with E-state index in [0.29, 0.717) is 32.7 Å². The van der Waals surface area contributed by atoms with Gasteiger partial charge < -0.3 is 4.74 Å². The topological polar surface area (TPSA) is 69.9 Å². The van der Waals surface area contributed by atoms with E-state index < -0.39 is 6.36 Å². The first kappa shape index (κ1) is 19.8. The summed E-state index contributed by atoms with van der Waals surface area (Å²) in [6.45, 7) is 0.0691. The molecular formula is C20H12ClF3N4O2. The lowest BCUT2D eigenvalue weighted by molar-refractivity contribution is -0.274. The van der Waals surface area contributed by atoms with Crippen LogP contribution in [0.2, 0.25) is 5.02 Å². The molecule has 0 radical (unpaired) electrons. The molecule has 0 saturated carbocycles. The van der Waals surface area contributed by atoms with Crippen molar-refractivity contribution in [2.45, 2.75) is 12.9 Å². The van der Waals surface area contributed by atoms with Crippen molar-refractivity contribution in [2.24, 2.45) is 0 Å². The molecule has 2 aromatic heterocycles. The SMILES string of the molecule is O=c1c2cc(-c3ccc(OC(F)(F)F)cc3)ccc2cnn1Cc1ncc(Cl)cn1. The van der Waals surface area contributed by atoms with E-state index in [1.54, 1.807) is 24.4 Å². The number of rotatable bonds is 4. The summed E-state index contributed by atoms with van der Waals surface area (Å²) in [5, 5.41) is 5.57. The fourth-order valence-electron chi connectivity index (χ4n) is 2.87. The van der Waals surface area contributed by atoms with Crippen LogP contribution in [0.4, 0.5) is 13.2 Å². The third-order valence-electron chi connectivity index (χ3n) is 4.24. The van der Waals surface area contributed by atoms with E-state index >= 15 is 0 Å². The van der Waals surface area contributed by atoms with Crippen LogP contribution in [-0.2, 0) is 6.54 Å². The summed E-state index contributed by atoms with van der Waals surface area (Å²) in [4.78, 5) is 21.0. The molecule has 4 aromatic rings. The normalized spacial score (nSPS) is 11.6. The van der Waals surface area contributed by atoms with Gasteiger partial charge in [-0.15, -0.1) is 13.2 Å². The molecule has 10 heteroatoms. The molecule has 152 valence electrons. The zero-order valence-corrected chi connectivity index (χ0v) is 15.9. The molecular weight excluding hydrogens is 421 g/mol. The number of aromatic nitrogens is 4. The first-order valence-corrected chi connectivity index (χ1v) is 8.99. The Hall–Kier alpha value is -3.46. The number of ether oxygens (including phenoxy) is 1. The standard InChI is InChI=1S/C20H12ClF3N4O2/c21-15-9-25-18(26-10-15)11-28-19(29)17-7-13(1-2-14(17)8-27-28)12-3-5-16(6-4-12)30-20(22,23)24/h1-10H,11H2. The third kappa shape index (κ3) is 4.41. The van der Waals surface area contributed by atoms with Crippen LogP contribution in [0.15, 0.2) is 65.8 Å². The van der Waals surface area contributed by atoms with E-state index in [-0.39, 0.29) is 17.9 Å². The number of nitrogens with zero attached hydrogens (tertiary/aromatic N) is 4. The fraction of sp³-hybridized carbons (Fsp3) is 0.100. The molecule has 0 spiro atoms. The van der Waals surface area contributed by atoms with Crippen molar-refractivity contribution in [1.82, 2.24) is 19.7 Å². The van der Waals surface area contributed by atoms with Gasteiger partial charge in [-0.25, -0.2) is 14.6 Å². The molecule has 30 heavy (non-hydrogen) atoms. The van der Waals surface area contributed by atoms with Crippen LogP contribution in [0, 0.1) is 0 Å². The van der Waals surface area contributed by atoms with Crippen molar-refractivity contribution in [1.29, 1.82) is 0 Å². The Balaban J connectivity index is 1.67. The predicted molar refractivity (Wildman–Crippen MR) is 104 cm³/mol. The Morgan fingerprint density at radius 2 is 1.63 bits per heavy atom. The second-order valence-electron chi connectivity index (χ2n) is 6.30. The van der Waals surface area contributed by atoms with Gasteiger partial charge in [0.15, 0.2) is 0 Å². The van der Waals surface area contributed by atoms with E-state index in [0.717, 1.165) is 0 Å². The molecule has 6 nitrogen and oxygen atoms in total. The van der Waals surface area contributed by atoms with E-state index in [2.05, 4.69) is 19.8 Å². The fourth-order valence-corrected chi connectivity index (χ4v) is 2.97. The molecule has 0 N–H and O–H groups in total. The summed E-state index contributed by atoms with van der Waals surface area (Å²) in [5.41, 5.74) is 0.957. The molecule has 0 unspecified atom stereocenters. The van der Waals surface area contributed by atoms with Gasteiger partial charge in [-0.1, -0.05) is 35.9 Å². The Kier molecular flexibility index (Phi) is 5.13. The van der Waals surface area contributed by atoms with E-state index in [1.807, 2.05) is 0 Å². The van der Waals surface area contributed by atoms with Crippen LogP contribution in [0.1, 0.15) is 5.82 Å². The van der Waals surface area contributed by atoms with Crippen LogP contribution >= 0.6 is 11.6 Å². The predicted octanol–water partition coefficient (Wildman–Crippen LogP) is 4.45. The van der Waals surface area contributed by atoms with Gasteiger partial charge in [-0.05, 0) is 29.3 Å². The lowest BCUT2D eigenvalue weighted by Crippen LogP contribution is -2.24. The molecule has 0 aliphatic carbocycles. The maximum absolute atomic E-state index is 12.9. The van der Waals surface area contributed by atoms with E-state index in [4.69, 9.17) is 11.6 Å². The Morgan fingerprint density at radius 3 is 2.30 bits per heavy atom. The highest BCUT2D eigenvalue weighted by Crippen LogP contribution is 2.27. The van der Waals surface area contributed by atoms with E-state index in [9.17, 15) is 18.0 Å². The zero-order chi connectivity index (χ0) is 21.3. The van der Waals surface area contributed by atoms with E-state index in [1.165, 1.54) is 41.3 Å². The molecule has 0 aliphatic rings. The average molecular weight is 433 g/mol. The van der Waals surface area contributed by atoms with Crippen LogP contribution in [0.3, 0.4) is 0 Å². The number of hydrogen-bond donors (Lipinski definition) is 0. The van der Waals surface area contributed by atoms with Crippen molar-refractivity contribution >= 4 is 22.4 Å². The minimum absolute atomic E-state index is 0.0691. The van der Waals surface area contributed by atoms with Gasteiger partial charge in [-0.3, -0.25) is 4.79 Å². The summed E-state index contributed by atoms with van der Waals surface area (Å²) >= 11 is 5.77. The largest absolute Gasteiger partial charge is 0.573 e. The van der Waals surface area contributed by atoms with Gasteiger partial charge in [0.2, 0.25) is 0 Å². The van der Waals surface area contributed by atoms with Gasteiger partial charge in [0.1, 0.15) is 18.1 Å². The molecule has 0 fully saturated rings. The van der Waals surface area contributed by atoms with Gasteiger partial charge in [-0.2, -0.15) is 5.10 Å². The van der Waals surface area contributed by atoms with Crippen LogP contribution in [-0.4, -0.2) is 26.1 Å². The first-order chi connectivity index (χ1) is 14.3. The van der Waals surface area contributed by atoms with Gasteiger partial charge in [0.25, 0.3) is 5.56 Å². The number of hydrogen-bond acceptors (Lipinski definition) is 5. The smallest absolute Gasteiger partial charge is 0.406 e. The number of alkyl halides is 3. The summed E-state index contributed by atoms with van der Waals surface area (Å²) < 4.78 is 42.1. The molecule has 0 bridgehead atoms. The highest BCUT2D eigenvalue weighted by molar-refractivity contribution is 6.30. The first-order valence-electron chi connectivity index (χ1n) is 8.61. The Labute approximate surface area is 172 Å². The quantitative estimate of drug-likeness (QED) is 0.476. The molecule has 2 heterocycles. The number of halogens is 4. The molecule has 2 aromatic carbocycles. The third-order valence-corrected chi connectivity index (χ3v) is 4.44. The van der Waals surface area contributed by atoms with Gasteiger partial charge >= 0.3 is 6.36 Å². The molecule has 0 saturated heterocycles. The molecule has 0 aliphatic heterocycles. The van der Waals surface area contributed by atoms with Crippen LogP contribution < -0.4 is 10.3 Å². The highest BCUT2D eigenvalue weighted by atomic mass is 35.5. The van der Waals surface area contributed by atoms with Gasteiger partial charge in [0, 0.05) is 17.8 Å².